The maximum absolute atomic E-state index is 12.9. The molecular weight excluding hydrogens is 354 g/mol. The van der Waals surface area contributed by atoms with Crippen LogP contribution < -0.4 is 18.9 Å². The quantitative estimate of drug-likeness (QED) is 0.836. The number of ether oxygens (including phenoxy) is 3. The molecule has 1 aliphatic rings. The summed E-state index contributed by atoms with van der Waals surface area (Å²) in [4.78, 5) is 0.148. The van der Waals surface area contributed by atoms with E-state index in [0.29, 0.717) is 17.2 Å². The van der Waals surface area contributed by atoms with Gasteiger partial charge in [0.2, 0.25) is 16.8 Å². The molecule has 0 bridgehead atoms. The monoisotopic (exact) mass is 377 g/mol. The molecule has 140 valence electrons. The fourth-order valence-corrected chi connectivity index (χ4v) is 4.18. The molecule has 0 fully saturated rings. The second kappa shape index (κ2) is 7.17. The Labute approximate surface area is 154 Å². The van der Waals surface area contributed by atoms with Crippen molar-refractivity contribution >= 4 is 10.0 Å². The molecule has 0 radical (unpaired) electrons. The normalized spacial score (nSPS) is 13.3. The Bertz CT molecular complexity index is 922. The minimum Gasteiger partial charge on any atom is -0.495 e. The largest absolute Gasteiger partial charge is 0.495 e. The van der Waals surface area contributed by atoms with Crippen molar-refractivity contribution in [2.45, 2.75) is 38.1 Å². The average Bonchev–Trinajstić information content (AvgIpc) is 3.07. The lowest BCUT2D eigenvalue weighted by atomic mass is 9.98. The summed E-state index contributed by atoms with van der Waals surface area (Å²) >= 11 is 0. The molecular formula is C19H23NO5S. The van der Waals surface area contributed by atoms with Gasteiger partial charge in [0.15, 0.2) is 11.5 Å². The first-order valence-electron chi connectivity index (χ1n) is 8.38. The Morgan fingerprint density at radius 3 is 2.58 bits per heavy atom. The van der Waals surface area contributed by atoms with Crippen molar-refractivity contribution in [1.82, 2.24) is 4.72 Å². The van der Waals surface area contributed by atoms with Gasteiger partial charge < -0.3 is 14.2 Å². The molecule has 0 aromatic heterocycles. The minimum absolute atomic E-state index is 0.146. The number of benzene rings is 2. The molecule has 0 spiro atoms. The van der Waals surface area contributed by atoms with Crippen molar-refractivity contribution in [3.63, 3.8) is 0 Å². The van der Waals surface area contributed by atoms with E-state index in [4.69, 9.17) is 14.2 Å². The van der Waals surface area contributed by atoms with Gasteiger partial charge in [0.25, 0.3) is 0 Å². The number of aryl methyl sites for hydroxylation is 1. The molecule has 0 unspecified atom stereocenters. The summed E-state index contributed by atoms with van der Waals surface area (Å²) in [7, 11) is -2.26. The van der Waals surface area contributed by atoms with E-state index in [0.717, 1.165) is 16.7 Å². The molecule has 0 amide bonds. The lowest BCUT2D eigenvalue weighted by Gasteiger charge is -2.16. The van der Waals surface area contributed by atoms with E-state index >= 15 is 0 Å². The van der Waals surface area contributed by atoms with Gasteiger partial charge in [-0.1, -0.05) is 19.9 Å². The van der Waals surface area contributed by atoms with Crippen molar-refractivity contribution in [3.8, 4) is 17.2 Å². The van der Waals surface area contributed by atoms with E-state index in [1.165, 1.54) is 7.11 Å². The highest BCUT2D eigenvalue weighted by Gasteiger charge is 2.22. The predicted octanol–water partition coefficient (Wildman–Crippen LogP) is 3.33. The first-order chi connectivity index (χ1) is 12.3. The van der Waals surface area contributed by atoms with Crippen LogP contribution in [0.2, 0.25) is 0 Å². The SMILES string of the molecule is COc1cc(C)c(C(C)C)cc1S(=O)(=O)NCc1ccc2c(c1)OCO2. The summed E-state index contributed by atoms with van der Waals surface area (Å²) in [5, 5.41) is 0. The lowest BCUT2D eigenvalue weighted by Crippen LogP contribution is -2.24. The molecule has 1 aliphatic heterocycles. The zero-order valence-electron chi connectivity index (χ0n) is 15.3. The number of sulfonamides is 1. The number of methoxy groups -OCH3 is 1. The van der Waals surface area contributed by atoms with Crippen LogP contribution in [0.3, 0.4) is 0 Å². The summed E-state index contributed by atoms with van der Waals surface area (Å²) in [6.07, 6.45) is 0. The highest BCUT2D eigenvalue weighted by atomic mass is 32.2. The van der Waals surface area contributed by atoms with Gasteiger partial charge in [-0.15, -0.1) is 0 Å². The average molecular weight is 377 g/mol. The Morgan fingerprint density at radius 2 is 1.88 bits per heavy atom. The maximum Gasteiger partial charge on any atom is 0.244 e. The molecule has 0 atom stereocenters. The fraction of sp³-hybridized carbons (Fsp3) is 0.368. The number of nitrogens with one attached hydrogen (secondary N) is 1. The van der Waals surface area contributed by atoms with Crippen LogP contribution in [-0.4, -0.2) is 22.3 Å². The molecule has 0 saturated heterocycles. The first kappa shape index (κ1) is 18.5. The summed E-state index contributed by atoms with van der Waals surface area (Å²) in [6, 6.07) is 8.82. The topological polar surface area (TPSA) is 73.9 Å². The summed E-state index contributed by atoms with van der Waals surface area (Å²) < 4.78 is 44.3. The van der Waals surface area contributed by atoms with Crippen molar-refractivity contribution in [1.29, 1.82) is 0 Å². The summed E-state index contributed by atoms with van der Waals surface area (Å²) in [5.41, 5.74) is 2.77. The van der Waals surface area contributed by atoms with Crippen LogP contribution in [0.25, 0.3) is 0 Å². The molecule has 26 heavy (non-hydrogen) atoms. The van der Waals surface area contributed by atoms with E-state index < -0.39 is 10.0 Å². The van der Waals surface area contributed by atoms with Crippen molar-refractivity contribution in [3.05, 3.63) is 47.0 Å². The predicted molar refractivity (Wildman–Crippen MR) is 98.4 cm³/mol. The molecule has 2 aromatic rings. The molecule has 3 rings (SSSR count). The molecule has 2 aromatic carbocycles. The van der Waals surface area contributed by atoms with Gasteiger partial charge in [0, 0.05) is 6.54 Å². The van der Waals surface area contributed by atoms with Crippen LogP contribution >= 0.6 is 0 Å². The van der Waals surface area contributed by atoms with Gasteiger partial charge in [0.05, 0.1) is 7.11 Å². The fourth-order valence-electron chi connectivity index (χ4n) is 2.98. The lowest BCUT2D eigenvalue weighted by molar-refractivity contribution is 0.174. The second-order valence-electron chi connectivity index (χ2n) is 6.53. The van der Waals surface area contributed by atoms with Crippen LogP contribution in [0.15, 0.2) is 35.2 Å². The number of hydrogen-bond donors (Lipinski definition) is 1. The second-order valence-corrected chi connectivity index (χ2v) is 8.26. The van der Waals surface area contributed by atoms with Gasteiger partial charge in [0.1, 0.15) is 10.6 Å². The highest BCUT2D eigenvalue weighted by molar-refractivity contribution is 7.89. The smallest absolute Gasteiger partial charge is 0.244 e. The molecule has 7 heteroatoms. The third kappa shape index (κ3) is 3.64. The molecule has 6 nitrogen and oxygen atoms in total. The zero-order valence-corrected chi connectivity index (χ0v) is 16.1. The van der Waals surface area contributed by atoms with E-state index in [2.05, 4.69) is 4.72 Å². The van der Waals surface area contributed by atoms with Crippen LogP contribution in [0.4, 0.5) is 0 Å². The maximum atomic E-state index is 12.9. The van der Waals surface area contributed by atoms with Crippen molar-refractivity contribution in [2.24, 2.45) is 0 Å². The van der Waals surface area contributed by atoms with Crippen LogP contribution in [0.1, 0.15) is 36.5 Å². The van der Waals surface area contributed by atoms with Gasteiger partial charge in [-0.25, -0.2) is 13.1 Å². The standard InChI is InChI=1S/C19H23NO5S/c1-12(2)15-9-19(18(23-4)7-13(15)3)26(21,22)20-10-14-5-6-16-17(8-14)25-11-24-16/h5-9,12,20H,10-11H2,1-4H3. The third-order valence-electron chi connectivity index (χ3n) is 4.37. The Hall–Kier alpha value is -2.25. The number of fused-ring (bicyclic) bond motifs is 1. The minimum atomic E-state index is -3.74. The molecule has 0 saturated carbocycles. The molecule has 0 aliphatic carbocycles. The van der Waals surface area contributed by atoms with E-state index in [1.807, 2.05) is 26.8 Å². The van der Waals surface area contributed by atoms with Crippen LogP contribution in [0.5, 0.6) is 17.2 Å². The van der Waals surface area contributed by atoms with Gasteiger partial charge >= 0.3 is 0 Å². The van der Waals surface area contributed by atoms with Gasteiger partial charge in [-0.3, -0.25) is 0 Å². The van der Waals surface area contributed by atoms with E-state index in [1.54, 1.807) is 24.3 Å². The Morgan fingerprint density at radius 1 is 1.15 bits per heavy atom. The third-order valence-corrected chi connectivity index (χ3v) is 5.79. The first-order valence-corrected chi connectivity index (χ1v) is 9.87. The van der Waals surface area contributed by atoms with E-state index in [-0.39, 0.29) is 24.2 Å². The van der Waals surface area contributed by atoms with E-state index in [9.17, 15) is 8.42 Å². The van der Waals surface area contributed by atoms with Crippen LogP contribution in [0, 0.1) is 6.92 Å². The van der Waals surface area contributed by atoms with Gasteiger partial charge in [-0.05, 0) is 53.8 Å². The molecule has 1 heterocycles. The van der Waals surface area contributed by atoms with Crippen LogP contribution in [-0.2, 0) is 16.6 Å². The Balaban J connectivity index is 1.87. The van der Waals surface area contributed by atoms with Gasteiger partial charge in [-0.2, -0.15) is 0 Å². The summed E-state index contributed by atoms with van der Waals surface area (Å²) in [6.45, 7) is 6.35. The number of rotatable bonds is 6. The number of hydrogen-bond acceptors (Lipinski definition) is 5. The molecule has 1 N–H and O–H groups in total. The zero-order chi connectivity index (χ0) is 18.9. The van der Waals surface area contributed by atoms with Crippen molar-refractivity contribution in [2.75, 3.05) is 13.9 Å². The Kier molecular flexibility index (Phi) is 5.11. The highest BCUT2D eigenvalue weighted by Crippen LogP contribution is 2.33. The van der Waals surface area contributed by atoms with Crippen molar-refractivity contribution < 1.29 is 22.6 Å². The summed E-state index contributed by atoms with van der Waals surface area (Å²) in [5.74, 6) is 1.84.